The molecule has 1 amide bonds. The minimum Gasteiger partial charge on any atom is -0.483 e. The molecule has 0 radical (unpaired) electrons. The first-order valence-electron chi connectivity index (χ1n) is 12.1. The molecule has 0 saturated carbocycles. The number of nitrogens with one attached hydrogen (secondary N) is 1. The van der Waals surface area contributed by atoms with E-state index in [1.165, 1.54) is 5.56 Å². The van der Waals surface area contributed by atoms with Crippen LogP contribution in [0.3, 0.4) is 0 Å². The summed E-state index contributed by atoms with van der Waals surface area (Å²) in [5.41, 5.74) is 8.86. The second-order valence-corrected chi connectivity index (χ2v) is 8.88. The summed E-state index contributed by atoms with van der Waals surface area (Å²) in [4.78, 5) is 14.4. The lowest BCUT2D eigenvalue weighted by atomic mass is 10.00. The highest BCUT2D eigenvalue weighted by atomic mass is 16.5. The van der Waals surface area contributed by atoms with E-state index in [1.54, 1.807) is 6.21 Å². The molecule has 182 valence electrons. The van der Waals surface area contributed by atoms with Crippen LogP contribution in [0.1, 0.15) is 36.5 Å². The third kappa shape index (κ3) is 6.39. The molecule has 0 aliphatic heterocycles. The second kappa shape index (κ2) is 11.8. The van der Waals surface area contributed by atoms with Gasteiger partial charge in [-0.2, -0.15) is 5.10 Å². The van der Waals surface area contributed by atoms with Crippen molar-refractivity contribution in [2.45, 2.75) is 26.7 Å². The fraction of sp³-hybridized carbons (Fsp3) is 0.161. The molecular weight excluding hydrogens is 446 g/mol. The molecule has 0 aliphatic rings. The van der Waals surface area contributed by atoms with Gasteiger partial charge in [-0.15, -0.1) is 0 Å². The van der Waals surface area contributed by atoms with Gasteiger partial charge in [-0.3, -0.25) is 4.79 Å². The Balaban J connectivity index is 1.39. The number of anilines is 3. The first kappa shape index (κ1) is 24.7. The first-order chi connectivity index (χ1) is 17.5. The Morgan fingerprint density at radius 1 is 0.861 bits per heavy atom. The standard InChI is InChI=1S/C31H31N3O2/c1-23(2)29-20-24(3)14-19-30(29)36-22-31(35)33-32-21-25-15-17-28(18-16-25)34(26-10-6-4-7-11-26)27-12-8-5-9-13-27/h4-21,23H,22H2,1-3H3,(H,33,35)/b32-21+. The van der Waals surface area contributed by atoms with Gasteiger partial charge in [0, 0.05) is 17.1 Å². The van der Waals surface area contributed by atoms with Crippen molar-refractivity contribution in [1.82, 2.24) is 5.43 Å². The number of nitrogens with zero attached hydrogens (tertiary/aromatic N) is 2. The van der Waals surface area contributed by atoms with Crippen LogP contribution in [-0.2, 0) is 4.79 Å². The number of aryl methyl sites for hydroxylation is 1. The average molecular weight is 478 g/mol. The smallest absolute Gasteiger partial charge is 0.277 e. The van der Waals surface area contributed by atoms with E-state index in [0.29, 0.717) is 5.92 Å². The van der Waals surface area contributed by atoms with Gasteiger partial charge < -0.3 is 9.64 Å². The third-order valence-electron chi connectivity index (χ3n) is 5.73. The number of hydrogen-bond acceptors (Lipinski definition) is 4. The zero-order chi connectivity index (χ0) is 25.3. The summed E-state index contributed by atoms with van der Waals surface area (Å²) < 4.78 is 5.75. The molecule has 0 atom stereocenters. The highest BCUT2D eigenvalue weighted by molar-refractivity contribution is 5.84. The van der Waals surface area contributed by atoms with Crippen LogP contribution in [0.25, 0.3) is 0 Å². The molecule has 0 saturated heterocycles. The predicted octanol–water partition coefficient (Wildman–Crippen LogP) is 7.12. The number of carbonyl (C=O) groups is 1. The van der Waals surface area contributed by atoms with Gasteiger partial charge in [0.1, 0.15) is 5.75 Å². The summed E-state index contributed by atoms with van der Waals surface area (Å²) in [7, 11) is 0. The topological polar surface area (TPSA) is 53.9 Å². The SMILES string of the molecule is Cc1ccc(OCC(=O)N/N=C/c2ccc(N(c3ccccc3)c3ccccc3)cc2)c(C(C)C)c1. The summed E-state index contributed by atoms with van der Waals surface area (Å²) in [5.74, 6) is 0.729. The normalized spacial score (nSPS) is 11.0. The summed E-state index contributed by atoms with van der Waals surface area (Å²) in [6.45, 7) is 6.17. The molecule has 0 heterocycles. The van der Waals surface area contributed by atoms with Crippen molar-refractivity contribution in [2.24, 2.45) is 5.10 Å². The van der Waals surface area contributed by atoms with Crippen LogP contribution in [0.2, 0.25) is 0 Å². The van der Waals surface area contributed by atoms with E-state index >= 15 is 0 Å². The monoisotopic (exact) mass is 477 g/mol. The summed E-state index contributed by atoms with van der Waals surface area (Å²) in [5, 5.41) is 4.10. The number of benzene rings is 4. The lowest BCUT2D eigenvalue weighted by Crippen LogP contribution is -2.25. The van der Waals surface area contributed by atoms with Crippen LogP contribution < -0.4 is 15.1 Å². The van der Waals surface area contributed by atoms with Crippen LogP contribution in [0.4, 0.5) is 17.1 Å². The van der Waals surface area contributed by atoms with Gasteiger partial charge in [-0.1, -0.05) is 80.1 Å². The maximum atomic E-state index is 12.3. The molecule has 0 aliphatic carbocycles. The van der Waals surface area contributed by atoms with Crippen molar-refractivity contribution in [3.8, 4) is 5.75 Å². The zero-order valence-electron chi connectivity index (χ0n) is 20.9. The minimum absolute atomic E-state index is 0.0951. The third-order valence-corrected chi connectivity index (χ3v) is 5.73. The predicted molar refractivity (Wildman–Crippen MR) is 148 cm³/mol. The number of carbonyl (C=O) groups excluding carboxylic acids is 1. The Labute approximate surface area is 213 Å². The molecule has 5 heteroatoms. The number of rotatable bonds is 9. The molecule has 5 nitrogen and oxygen atoms in total. The summed E-state index contributed by atoms with van der Waals surface area (Å²) >= 11 is 0. The Morgan fingerprint density at radius 2 is 1.44 bits per heavy atom. The molecule has 0 bridgehead atoms. The van der Waals surface area contributed by atoms with Crippen molar-refractivity contribution in [3.63, 3.8) is 0 Å². The Bertz CT molecular complexity index is 1260. The first-order valence-corrected chi connectivity index (χ1v) is 12.1. The van der Waals surface area contributed by atoms with Crippen LogP contribution in [0, 0.1) is 6.92 Å². The number of hydrogen-bond donors (Lipinski definition) is 1. The van der Waals surface area contributed by atoms with Crippen molar-refractivity contribution >= 4 is 29.2 Å². The van der Waals surface area contributed by atoms with Gasteiger partial charge in [-0.05, 0) is 66.4 Å². The molecular formula is C31H31N3O2. The van der Waals surface area contributed by atoms with Gasteiger partial charge in [0.25, 0.3) is 5.91 Å². The van der Waals surface area contributed by atoms with Crippen molar-refractivity contribution in [3.05, 3.63) is 120 Å². The summed E-state index contributed by atoms with van der Waals surface area (Å²) in [6.07, 6.45) is 1.63. The molecule has 0 spiro atoms. The maximum absolute atomic E-state index is 12.3. The fourth-order valence-corrected chi connectivity index (χ4v) is 3.92. The maximum Gasteiger partial charge on any atom is 0.277 e. The van der Waals surface area contributed by atoms with E-state index in [4.69, 9.17) is 4.74 Å². The highest BCUT2D eigenvalue weighted by Gasteiger charge is 2.12. The Hall–Kier alpha value is -4.38. The minimum atomic E-state index is -0.308. The molecule has 0 unspecified atom stereocenters. The highest BCUT2D eigenvalue weighted by Crippen LogP contribution is 2.34. The molecule has 0 fully saturated rings. The van der Waals surface area contributed by atoms with Crippen molar-refractivity contribution in [2.75, 3.05) is 11.5 Å². The van der Waals surface area contributed by atoms with Gasteiger partial charge in [-0.25, -0.2) is 5.43 Å². The number of amides is 1. The van der Waals surface area contributed by atoms with E-state index in [0.717, 1.165) is 33.9 Å². The number of hydrazone groups is 1. The van der Waals surface area contributed by atoms with E-state index in [-0.39, 0.29) is 12.5 Å². The van der Waals surface area contributed by atoms with E-state index < -0.39 is 0 Å². The molecule has 1 N–H and O–H groups in total. The van der Waals surface area contributed by atoms with E-state index in [2.05, 4.69) is 59.6 Å². The molecule has 0 aromatic heterocycles. The molecule has 4 aromatic rings. The quantitative estimate of drug-likeness (QED) is 0.206. The summed E-state index contributed by atoms with van der Waals surface area (Å²) in [6, 6.07) is 34.5. The molecule has 4 aromatic carbocycles. The van der Waals surface area contributed by atoms with Crippen molar-refractivity contribution < 1.29 is 9.53 Å². The molecule has 4 rings (SSSR count). The number of para-hydroxylation sites is 2. The largest absolute Gasteiger partial charge is 0.483 e. The second-order valence-electron chi connectivity index (χ2n) is 8.88. The van der Waals surface area contributed by atoms with Gasteiger partial charge >= 0.3 is 0 Å². The Morgan fingerprint density at radius 3 is 2.03 bits per heavy atom. The van der Waals surface area contributed by atoms with E-state index in [1.807, 2.05) is 79.7 Å². The van der Waals surface area contributed by atoms with Gasteiger partial charge in [0.2, 0.25) is 0 Å². The Kier molecular flexibility index (Phi) is 8.14. The lowest BCUT2D eigenvalue weighted by molar-refractivity contribution is -0.123. The van der Waals surface area contributed by atoms with E-state index in [9.17, 15) is 4.79 Å². The molecule has 36 heavy (non-hydrogen) atoms. The van der Waals surface area contributed by atoms with Gasteiger partial charge in [0.05, 0.1) is 6.21 Å². The van der Waals surface area contributed by atoms with Crippen LogP contribution in [0.5, 0.6) is 5.75 Å². The number of ether oxygens (including phenoxy) is 1. The van der Waals surface area contributed by atoms with Crippen LogP contribution in [-0.4, -0.2) is 18.7 Å². The lowest BCUT2D eigenvalue weighted by Gasteiger charge is -2.25. The fourth-order valence-electron chi connectivity index (χ4n) is 3.92. The van der Waals surface area contributed by atoms with Crippen LogP contribution in [0.15, 0.2) is 108 Å². The average Bonchev–Trinajstić information content (AvgIpc) is 2.90. The zero-order valence-corrected chi connectivity index (χ0v) is 20.9. The van der Waals surface area contributed by atoms with Gasteiger partial charge in [0.15, 0.2) is 6.61 Å². The van der Waals surface area contributed by atoms with Crippen LogP contribution >= 0.6 is 0 Å². The van der Waals surface area contributed by atoms with Crippen molar-refractivity contribution in [1.29, 1.82) is 0 Å².